The Hall–Kier alpha value is -2.41. The molecule has 0 spiro atoms. The van der Waals surface area contributed by atoms with Gasteiger partial charge in [-0.25, -0.2) is 4.90 Å². The maximum absolute atomic E-state index is 12.2. The molecule has 1 atom stereocenters. The second-order valence-corrected chi connectivity index (χ2v) is 4.48. The first kappa shape index (κ1) is 15.0. The van der Waals surface area contributed by atoms with Crippen LogP contribution in [0, 0.1) is 0 Å². The van der Waals surface area contributed by atoms with E-state index in [9.17, 15) is 14.4 Å². The predicted octanol–water partition coefficient (Wildman–Crippen LogP) is 0.0897. The van der Waals surface area contributed by atoms with Gasteiger partial charge in [0.1, 0.15) is 5.75 Å². The molecule has 21 heavy (non-hydrogen) atoms. The van der Waals surface area contributed by atoms with Gasteiger partial charge in [0.25, 0.3) is 5.91 Å². The number of hydrogen-bond donors (Lipinski definition) is 1. The summed E-state index contributed by atoms with van der Waals surface area (Å²) in [6.45, 7) is -0.114. The highest BCUT2D eigenvalue weighted by Gasteiger charge is 2.39. The number of methoxy groups -OCH3 is 2. The molecule has 1 aliphatic heterocycles. The van der Waals surface area contributed by atoms with Crippen LogP contribution in [0.25, 0.3) is 0 Å². The van der Waals surface area contributed by atoms with Crippen LogP contribution in [0.15, 0.2) is 24.3 Å². The summed E-state index contributed by atoms with van der Waals surface area (Å²) in [5.74, 6) is -0.544. The molecule has 1 aromatic rings. The topological polar surface area (TPSA) is 84.9 Å². The standard InChI is InChI=1S/C14H16N2O5/c1-20-10-5-3-9(4-6-10)16-12(17)7-11(14(16)19)15-8-13(18)21-2/h3-6,11,15H,7-8H2,1-2H3. The third kappa shape index (κ3) is 3.19. The highest BCUT2D eigenvalue weighted by atomic mass is 16.5. The Morgan fingerprint density at radius 1 is 1.29 bits per heavy atom. The maximum atomic E-state index is 12.2. The third-order valence-corrected chi connectivity index (χ3v) is 3.20. The fourth-order valence-electron chi connectivity index (χ4n) is 2.07. The number of imide groups is 1. The molecule has 1 N–H and O–H groups in total. The maximum Gasteiger partial charge on any atom is 0.319 e. The number of esters is 1. The largest absolute Gasteiger partial charge is 0.497 e. The summed E-state index contributed by atoms with van der Waals surface area (Å²) in [5.41, 5.74) is 0.480. The van der Waals surface area contributed by atoms with E-state index >= 15 is 0 Å². The van der Waals surface area contributed by atoms with Gasteiger partial charge in [0.2, 0.25) is 5.91 Å². The van der Waals surface area contributed by atoms with Crippen LogP contribution in [0.4, 0.5) is 5.69 Å². The molecule has 1 aliphatic rings. The van der Waals surface area contributed by atoms with E-state index in [0.717, 1.165) is 4.90 Å². The van der Waals surface area contributed by atoms with Gasteiger partial charge in [0.15, 0.2) is 0 Å². The van der Waals surface area contributed by atoms with E-state index in [-0.39, 0.29) is 24.8 Å². The van der Waals surface area contributed by atoms with Gasteiger partial charge in [-0.05, 0) is 24.3 Å². The molecular weight excluding hydrogens is 276 g/mol. The Morgan fingerprint density at radius 3 is 2.52 bits per heavy atom. The summed E-state index contributed by atoms with van der Waals surface area (Å²) in [5, 5.41) is 2.72. The van der Waals surface area contributed by atoms with Crippen molar-refractivity contribution in [2.45, 2.75) is 12.5 Å². The molecule has 0 radical (unpaired) electrons. The Morgan fingerprint density at radius 2 is 1.95 bits per heavy atom. The normalized spacial score (nSPS) is 18.0. The lowest BCUT2D eigenvalue weighted by atomic mass is 10.2. The van der Waals surface area contributed by atoms with E-state index in [4.69, 9.17) is 4.74 Å². The molecular formula is C14H16N2O5. The van der Waals surface area contributed by atoms with Crippen LogP contribution in [0.5, 0.6) is 5.75 Å². The van der Waals surface area contributed by atoms with Crippen LogP contribution in [0.3, 0.4) is 0 Å². The van der Waals surface area contributed by atoms with Crippen molar-refractivity contribution >= 4 is 23.5 Å². The summed E-state index contributed by atoms with van der Waals surface area (Å²) in [4.78, 5) is 36.4. The van der Waals surface area contributed by atoms with Gasteiger partial charge in [-0.2, -0.15) is 0 Å². The minimum Gasteiger partial charge on any atom is -0.497 e. The van der Waals surface area contributed by atoms with Gasteiger partial charge in [-0.1, -0.05) is 0 Å². The summed E-state index contributed by atoms with van der Waals surface area (Å²) in [7, 11) is 2.79. The van der Waals surface area contributed by atoms with Crippen LogP contribution in [-0.2, 0) is 19.1 Å². The molecule has 7 heteroatoms. The monoisotopic (exact) mass is 292 g/mol. The first-order chi connectivity index (χ1) is 10.1. The Balaban J connectivity index is 2.08. The lowest BCUT2D eigenvalue weighted by Crippen LogP contribution is -2.41. The van der Waals surface area contributed by atoms with E-state index in [2.05, 4.69) is 10.1 Å². The molecule has 7 nitrogen and oxygen atoms in total. The lowest BCUT2D eigenvalue weighted by molar-refractivity contribution is -0.139. The first-order valence-corrected chi connectivity index (χ1v) is 6.38. The molecule has 1 saturated heterocycles. The van der Waals surface area contributed by atoms with Crippen LogP contribution in [0.2, 0.25) is 0 Å². The number of hydrogen-bond acceptors (Lipinski definition) is 6. The molecule has 1 fully saturated rings. The number of rotatable bonds is 5. The van der Waals surface area contributed by atoms with Gasteiger partial charge in [-0.3, -0.25) is 19.7 Å². The van der Waals surface area contributed by atoms with E-state index in [1.54, 1.807) is 24.3 Å². The smallest absolute Gasteiger partial charge is 0.319 e. The number of carbonyl (C=O) groups excluding carboxylic acids is 3. The summed E-state index contributed by atoms with van der Waals surface area (Å²) in [6.07, 6.45) is 0.0157. The molecule has 0 aromatic heterocycles. The zero-order valence-electron chi connectivity index (χ0n) is 11.8. The minimum absolute atomic E-state index is 0.0157. The van der Waals surface area contributed by atoms with Crippen molar-refractivity contribution in [3.05, 3.63) is 24.3 Å². The van der Waals surface area contributed by atoms with Gasteiger partial charge in [0, 0.05) is 0 Å². The van der Waals surface area contributed by atoms with Gasteiger partial charge in [-0.15, -0.1) is 0 Å². The van der Waals surface area contributed by atoms with Crippen LogP contribution in [0.1, 0.15) is 6.42 Å². The van der Waals surface area contributed by atoms with Crippen molar-refractivity contribution in [3.8, 4) is 5.75 Å². The van der Waals surface area contributed by atoms with E-state index < -0.39 is 12.0 Å². The zero-order valence-corrected chi connectivity index (χ0v) is 11.8. The van der Waals surface area contributed by atoms with Crippen molar-refractivity contribution in [1.29, 1.82) is 0 Å². The van der Waals surface area contributed by atoms with Crippen molar-refractivity contribution in [1.82, 2.24) is 5.32 Å². The number of anilines is 1. The Labute approximate surface area is 121 Å². The fraction of sp³-hybridized carbons (Fsp3) is 0.357. The number of carbonyl (C=O) groups is 3. The molecule has 0 aliphatic carbocycles. The Bertz CT molecular complexity index is 555. The highest BCUT2D eigenvalue weighted by molar-refractivity contribution is 6.22. The van der Waals surface area contributed by atoms with Gasteiger partial charge < -0.3 is 9.47 Å². The molecule has 0 bridgehead atoms. The average Bonchev–Trinajstić information content (AvgIpc) is 2.79. The minimum atomic E-state index is -0.710. The van der Waals surface area contributed by atoms with Gasteiger partial charge in [0.05, 0.1) is 38.9 Å². The van der Waals surface area contributed by atoms with E-state index in [0.29, 0.717) is 11.4 Å². The summed E-state index contributed by atoms with van der Waals surface area (Å²) >= 11 is 0. The van der Waals surface area contributed by atoms with Crippen molar-refractivity contribution in [2.75, 3.05) is 25.7 Å². The highest BCUT2D eigenvalue weighted by Crippen LogP contribution is 2.24. The molecule has 0 saturated carbocycles. The molecule has 1 unspecified atom stereocenters. The number of amides is 2. The average molecular weight is 292 g/mol. The number of benzene rings is 1. The number of nitrogens with zero attached hydrogens (tertiary/aromatic N) is 1. The summed E-state index contributed by atoms with van der Waals surface area (Å²) < 4.78 is 9.52. The second kappa shape index (κ2) is 6.36. The van der Waals surface area contributed by atoms with E-state index in [1.807, 2.05) is 0 Å². The summed E-state index contributed by atoms with van der Waals surface area (Å²) in [6, 6.07) is 5.91. The van der Waals surface area contributed by atoms with Crippen LogP contribution in [-0.4, -0.2) is 44.6 Å². The van der Waals surface area contributed by atoms with Crippen LogP contribution >= 0.6 is 0 Å². The van der Waals surface area contributed by atoms with Crippen LogP contribution < -0.4 is 15.0 Å². The number of nitrogens with one attached hydrogen (secondary N) is 1. The SMILES string of the molecule is COC(=O)CNC1CC(=O)N(c2ccc(OC)cc2)C1=O. The first-order valence-electron chi connectivity index (χ1n) is 6.38. The molecule has 2 rings (SSSR count). The van der Waals surface area contributed by atoms with Gasteiger partial charge >= 0.3 is 5.97 Å². The Kier molecular flexibility index (Phi) is 4.54. The molecule has 2 amide bonds. The third-order valence-electron chi connectivity index (χ3n) is 3.20. The zero-order chi connectivity index (χ0) is 15.4. The van der Waals surface area contributed by atoms with Crippen molar-refractivity contribution < 1.29 is 23.9 Å². The lowest BCUT2D eigenvalue weighted by Gasteiger charge is -2.15. The second-order valence-electron chi connectivity index (χ2n) is 4.48. The predicted molar refractivity (Wildman–Crippen MR) is 73.9 cm³/mol. The molecule has 112 valence electrons. The fourth-order valence-corrected chi connectivity index (χ4v) is 2.07. The molecule has 1 aromatic carbocycles. The van der Waals surface area contributed by atoms with Crippen molar-refractivity contribution in [3.63, 3.8) is 0 Å². The quantitative estimate of drug-likeness (QED) is 0.611. The molecule has 1 heterocycles. The number of ether oxygens (including phenoxy) is 2. The van der Waals surface area contributed by atoms with E-state index in [1.165, 1.54) is 14.2 Å². The van der Waals surface area contributed by atoms with Crippen molar-refractivity contribution in [2.24, 2.45) is 0 Å².